The van der Waals surface area contributed by atoms with E-state index in [1.165, 1.54) is 11.8 Å². The minimum atomic E-state index is -1.95. The zero-order valence-electron chi connectivity index (χ0n) is 17.0. The van der Waals surface area contributed by atoms with Gasteiger partial charge in [-0.05, 0) is 59.8 Å². The summed E-state index contributed by atoms with van der Waals surface area (Å²) in [5, 5.41) is 7.04. The third-order valence-electron chi connectivity index (χ3n) is 6.39. The van der Waals surface area contributed by atoms with Gasteiger partial charge in [0.25, 0.3) is 0 Å². The summed E-state index contributed by atoms with van der Waals surface area (Å²) >= 11 is 0. The summed E-state index contributed by atoms with van der Waals surface area (Å²) in [6.07, 6.45) is 4.75. The smallest absolute Gasteiger partial charge is 0.322 e. The number of benzene rings is 1. The van der Waals surface area contributed by atoms with Crippen molar-refractivity contribution in [3.05, 3.63) is 34.5 Å². The number of nitrogens with one attached hydrogen (secondary N) is 1. The number of hydrogen-bond acceptors (Lipinski definition) is 5. The van der Waals surface area contributed by atoms with Gasteiger partial charge in [0.2, 0.25) is 0 Å². The second kappa shape index (κ2) is 7.08. The van der Waals surface area contributed by atoms with Crippen LogP contribution in [-0.2, 0) is 47.0 Å². The lowest BCUT2D eigenvalue weighted by Gasteiger charge is -2.21. The van der Waals surface area contributed by atoms with Crippen LogP contribution in [-0.4, -0.2) is 27.6 Å². The highest BCUT2D eigenvalue weighted by Crippen LogP contribution is 2.39. The number of rotatable bonds is 3. The number of urea groups is 1. The van der Waals surface area contributed by atoms with Crippen LogP contribution < -0.4 is 10.1 Å². The second-order valence-electron chi connectivity index (χ2n) is 8.53. The maximum absolute atomic E-state index is 14.0. The van der Waals surface area contributed by atoms with Gasteiger partial charge >= 0.3 is 6.03 Å². The molecule has 0 saturated heterocycles. The molecule has 0 spiro atoms. The van der Waals surface area contributed by atoms with Crippen molar-refractivity contribution in [2.75, 3.05) is 5.32 Å². The van der Waals surface area contributed by atoms with E-state index in [9.17, 15) is 13.4 Å². The number of hydrogen-bond donors (Lipinski definition) is 1. The first-order valence-corrected chi connectivity index (χ1v) is 11.5. The highest BCUT2D eigenvalue weighted by Gasteiger charge is 2.34. The molecule has 9 heteroatoms. The Morgan fingerprint density at radius 2 is 2.23 bits per heavy atom. The molecular weight excluding hydrogens is 407 g/mol. The summed E-state index contributed by atoms with van der Waals surface area (Å²) in [6.45, 7) is 4.54. The molecule has 1 aromatic heterocycles. The van der Waals surface area contributed by atoms with Crippen molar-refractivity contribution in [3.63, 3.8) is 0 Å². The number of nitrogens with zero attached hydrogens (tertiary/aromatic N) is 3. The SMILES string of the molecule is CC[C@@]1(C)Cn2ncc([S-](=O)=NC(=O)Nc3c4c(cc5c3C[C@H](F)C5)CCC4)c2O1. The maximum Gasteiger partial charge on any atom is 0.322 e. The predicted molar refractivity (Wildman–Crippen MR) is 110 cm³/mol. The quantitative estimate of drug-likeness (QED) is 0.741. The molecule has 0 radical (unpaired) electrons. The van der Waals surface area contributed by atoms with Crippen LogP contribution in [0.25, 0.3) is 0 Å². The summed E-state index contributed by atoms with van der Waals surface area (Å²) < 4.78 is 38.2. The molecule has 160 valence electrons. The number of carbonyl (C=O) groups excluding carboxylic acids is 1. The van der Waals surface area contributed by atoms with Gasteiger partial charge in [-0.25, -0.2) is 13.9 Å². The monoisotopic (exact) mass is 431 g/mol. The zero-order chi connectivity index (χ0) is 21.0. The summed E-state index contributed by atoms with van der Waals surface area (Å²) in [5.74, 6) is 0.399. The van der Waals surface area contributed by atoms with Gasteiger partial charge < -0.3 is 18.6 Å². The van der Waals surface area contributed by atoms with Crippen LogP contribution in [0.5, 0.6) is 5.88 Å². The lowest BCUT2D eigenvalue weighted by Crippen LogP contribution is -2.30. The van der Waals surface area contributed by atoms with E-state index in [0.717, 1.165) is 42.4 Å². The topological polar surface area (TPSA) is 85.6 Å². The normalized spacial score (nSPS) is 25.0. The number of aryl methyl sites for hydroxylation is 1. The molecule has 0 saturated carbocycles. The van der Waals surface area contributed by atoms with Gasteiger partial charge in [-0.3, -0.25) is 0 Å². The van der Waals surface area contributed by atoms with Crippen LogP contribution in [0.1, 0.15) is 48.9 Å². The first kappa shape index (κ1) is 19.5. The van der Waals surface area contributed by atoms with Crippen molar-refractivity contribution in [1.29, 1.82) is 0 Å². The van der Waals surface area contributed by atoms with E-state index in [4.69, 9.17) is 4.74 Å². The average molecular weight is 432 g/mol. The number of aromatic nitrogens is 2. The Bertz CT molecular complexity index is 1140. The fraction of sp³-hybridized carbons (Fsp3) is 0.524. The second-order valence-corrected chi connectivity index (χ2v) is 9.65. The standard InChI is InChI=1S/C21H24FN4O3S/c1-3-21(2)11-26-19(29-21)17(10-23-26)30(28)25-20(27)24-18-15-6-4-5-12(15)7-13-8-14(22)9-16(13)18/h7,10,14H,3-6,8-9,11H2,1-2H3,(H,24,27)/q-1/t14-,21+/m1/s1. The molecule has 0 fully saturated rings. The molecule has 1 N–H and O–H groups in total. The van der Waals surface area contributed by atoms with Crippen molar-refractivity contribution in [3.8, 4) is 5.88 Å². The molecule has 1 aromatic carbocycles. The van der Waals surface area contributed by atoms with Gasteiger partial charge in [0.1, 0.15) is 11.8 Å². The number of halogens is 1. The van der Waals surface area contributed by atoms with Gasteiger partial charge in [-0.15, -0.1) is 10.6 Å². The minimum absolute atomic E-state index is 0.287. The van der Waals surface area contributed by atoms with Crippen molar-refractivity contribution in [1.82, 2.24) is 9.78 Å². The van der Waals surface area contributed by atoms with Gasteiger partial charge in [0.05, 0.1) is 6.54 Å². The molecular formula is C21H24FN4O3S-. The third kappa shape index (κ3) is 3.19. The Balaban J connectivity index is 1.42. The Labute approximate surface area is 176 Å². The fourth-order valence-electron chi connectivity index (χ4n) is 4.66. The van der Waals surface area contributed by atoms with E-state index in [1.54, 1.807) is 4.68 Å². The van der Waals surface area contributed by atoms with E-state index >= 15 is 0 Å². The van der Waals surface area contributed by atoms with Crippen LogP contribution in [0.2, 0.25) is 0 Å². The van der Waals surface area contributed by atoms with Crippen LogP contribution in [0, 0.1) is 0 Å². The molecule has 7 nitrogen and oxygen atoms in total. The molecule has 1 aliphatic heterocycles. The molecule has 2 aliphatic carbocycles. The Morgan fingerprint density at radius 3 is 3.03 bits per heavy atom. The Hall–Kier alpha value is -2.42. The maximum atomic E-state index is 14.0. The molecule has 2 heterocycles. The summed E-state index contributed by atoms with van der Waals surface area (Å²) in [4.78, 5) is 12.9. The van der Waals surface area contributed by atoms with Gasteiger partial charge in [-0.2, -0.15) is 5.10 Å². The lowest BCUT2D eigenvalue weighted by molar-refractivity contribution is 0.105. The van der Waals surface area contributed by atoms with Gasteiger partial charge in [0, 0.05) is 24.7 Å². The van der Waals surface area contributed by atoms with Crippen molar-refractivity contribution in [2.45, 2.75) is 75.6 Å². The number of amides is 2. The van der Waals surface area contributed by atoms with Crippen molar-refractivity contribution >= 4 is 22.3 Å². The largest absolute Gasteiger partial charge is 0.471 e. The molecule has 2 atom stereocenters. The molecule has 5 rings (SSSR count). The molecule has 3 aliphatic rings. The summed E-state index contributed by atoms with van der Waals surface area (Å²) in [5.41, 5.74) is 4.30. The fourth-order valence-corrected chi connectivity index (χ4v) is 5.39. The third-order valence-corrected chi connectivity index (χ3v) is 7.38. The average Bonchev–Trinajstić information content (AvgIpc) is 3.44. The number of carbonyl (C=O) groups is 1. The van der Waals surface area contributed by atoms with Crippen molar-refractivity contribution in [2.24, 2.45) is 4.36 Å². The van der Waals surface area contributed by atoms with E-state index in [1.807, 2.05) is 13.8 Å². The first-order chi connectivity index (χ1) is 14.4. The number of ether oxygens (including phenoxy) is 1. The van der Waals surface area contributed by atoms with Gasteiger partial charge in [0.15, 0.2) is 5.88 Å². The molecule has 30 heavy (non-hydrogen) atoms. The van der Waals surface area contributed by atoms with E-state index in [0.29, 0.717) is 31.0 Å². The summed E-state index contributed by atoms with van der Waals surface area (Å²) in [6, 6.07) is 1.38. The number of fused-ring (bicyclic) bond motifs is 3. The van der Waals surface area contributed by atoms with Crippen LogP contribution in [0.4, 0.5) is 14.9 Å². The molecule has 0 bridgehead atoms. The minimum Gasteiger partial charge on any atom is -0.471 e. The highest BCUT2D eigenvalue weighted by molar-refractivity contribution is 7.75. The van der Waals surface area contributed by atoms with Crippen molar-refractivity contribution < 1.29 is 18.1 Å². The zero-order valence-corrected chi connectivity index (χ0v) is 17.9. The molecule has 2 aromatic rings. The Morgan fingerprint density at radius 1 is 1.40 bits per heavy atom. The summed E-state index contributed by atoms with van der Waals surface area (Å²) in [7, 11) is -1.95. The van der Waals surface area contributed by atoms with E-state index in [2.05, 4.69) is 20.8 Å². The van der Waals surface area contributed by atoms with E-state index in [-0.39, 0.29) is 4.90 Å². The van der Waals surface area contributed by atoms with Gasteiger partial charge in [-0.1, -0.05) is 13.0 Å². The highest BCUT2D eigenvalue weighted by atomic mass is 32.2. The molecule has 2 amide bonds. The van der Waals surface area contributed by atoms with Crippen LogP contribution >= 0.6 is 0 Å². The number of alkyl halides is 1. The lowest BCUT2D eigenvalue weighted by atomic mass is 9.99. The first-order valence-electron chi connectivity index (χ1n) is 10.4. The number of anilines is 1. The van der Waals surface area contributed by atoms with Crippen LogP contribution in [0.15, 0.2) is 21.5 Å². The van der Waals surface area contributed by atoms with E-state index < -0.39 is 28.4 Å². The molecule has 0 unspecified atom stereocenters. The predicted octanol–water partition coefficient (Wildman–Crippen LogP) is 4.11. The van der Waals surface area contributed by atoms with Crippen LogP contribution in [0.3, 0.4) is 0 Å². The Kier molecular flexibility index (Phi) is 4.61.